The van der Waals surface area contributed by atoms with Crippen LogP contribution < -0.4 is 19.7 Å². The van der Waals surface area contributed by atoms with Gasteiger partial charge in [-0.05, 0) is 67.9 Å². The second-order valence-electron chi connectivity index (χ2n) is 7.22. The third kappa shape index (κ3) is 4.57. The molecule has 0 aromatic heterocycles. The molecule has 6 nitrogen and oxygen atoms in total. The van der Waals surface area contributed by atoms with Gasteiger partial charge in [0, 0.05) is 11.8 Å². The number of hydrogen-bond donors (Lipinski definition) is 1. The monoisotopic (exact) mass is 446 g/mol. The maximum atomic E-state index is 13.4. The summed E-state index contributed by atoms with van der Waals surface area (Å²) in [5.41, 5.74) is 1.79. The fourth-order valence-corrected chi connectivity index (χ4v) is 3.60. The molecule has 0 saturated heterocycles. The molecule has 0 bridgehead atoms. The standard InChI is InChI=1S/C26H23FN2O4/c1-3-32-21-14-8-17(9-15-21)23-24(28-19-6-5-7-22(16-19)33-4-2)26(31)29(25(23)30)20-12-10-18(27)11-13-20/h5-16,28H,3-4H2,1-2H3. The molecule has 0 atom stereocenters. The predicted molar refractivity (Wildman–Crippen MR) is 125 cm³/mol. The van der Waals surface area contributed by atoms with Crippen molar-refractivity contribution in [2.45, 2.75) is 13.8 Å². The fourth-order valence-electron chi connectivity index (χ4n) is 3.60. The average Bonchev–Trinajstić information content (AvgIpc) is 3.05. The molecule has 0 radical (unpaired) electrons. The van der Waals surface area contributed by atoms with E-state index in [9.17, 15) is 14.0 Å². The third-order valence-corrected chi connectivity index (χ3v) is 5.04. The normalized spacial score (nSPS) is 13.5. The minimum Gasteiger partial charge on any atom is -0.494 e. The van der Waals surface area contributed by atoms with Gasteiger partial charge in [-0.2, -0.15) is 0 Å². The van der Waals surface area contributed by atoms with Gasteiger partial charge in [-0.25, -0.2) is 9.29 Å². The number of imide groups is 1. The van der Waals surface area contributed by atoms with E-state index in [2.05, 4.69) is 5.32 Å². The van der Waals surface area contributed by atoms with Crippen molar-refractivity contribution in [2.24, 2.45) is 0 Å². The van der Waals surface area contributed by atoms with Crippen LogP contribution in [-0.2, 0) is 9.59 Å². The van der Waals surface area contributed by atoms with Crippen molar-refractivity contribution < 1.29 is 23.5 Å². The lowest BCUT2D eigenvalue weighted by atomic mass is 10.0. The van der Waals surface area contributed by atoms with E-state index in [1.54, 1.807) is 42.5 Å². The lowest BCUT2D eigenvalue weighted by molar-refractivity contribution is -0.120. The van der Waals surface area contributed by atoms with Crippen molar-refractivity contribution in [2.75, 3.05) is 23.4 Å². The second-order valence-corrected chi connectivity index (χ2v) is 7.22. The second kappa shape index (κ2) is 9.56. The zero-order valence-corrected chi connectivity index (χ0v) is 18.3. The number of amides is 2. The van der Waals surface area contributed by atoms with Crippen molar-refractivity contribution in [1.82, 2.24) is 0 Å². The molecule has 33 heavy (non-hydrogen) atoms. The maximum absolute atomic E-state index is 13.4. The Labute approximate surface area is 191 Å². The molecular formula is C26H23FN2O4. The first-order valence-electron chi connectivity index (χ1n) is 10.6. The summed E-state index contributed by atoms with van der Waals surface area (Å²) in [6, 6.07) is 19.3. The van der Waals surface area contributed by atoms with Gasteiger partial charge in [0.2, 0.25) is 0 Å². The van der Waals surface area contributed by atoms with Crippen LogP contribution in [0.4, 0.5) is 15.8 Å². The number of carbonyl (C=O) groups excluding carboxylic acids is 2. The van der Waals surface area contributed by atoms with Gasteiger partial charge >= 0.3 is 0 Å². The first-order valence-corrected chi connectivity index (χ1v) is 10.6. The summed E-state index contributed by atoms with van der Waals surface area (Å²) in [7, 11) is 0. The quantitative estimate of drug-likeness (QED) is 0.492. The van der Waals surface area contributed by atoms with Gasteiger partial charge < -0.3 is 14.8 Å². The zero-order chi connectivity index (χ0) is 23.4. The van der Waals surface area contributed by atoms with Crippen LogP contribution in [0.3, 0.4) is 0 Å². The number of halogens is 1. The van der Waals surface area contributed by atoms with Gasteiger partial charge in [-0.1, -0.05) is 18.2 Å². The van der Waals surface area contributed by atoms with E-state index in [1.807, 2.05) is 19.9 Å². The van der Waals surface area contributed by atoms with Gasteiger partial charge in [0.1, 0.15) is 23.0 Å². The number of nitrogens with one attached hydrogen (secondary N) is 1. The van der Waals surface area contributed by atoms with E-state index in [0.717, 1.165) is 4.90 Å². The van der Waals surface area contributed by atoms with E-state index < -0.39 is 17.6 Å². The molecule has 2 amide bonds. The molecule has 3 aromatic rings. The SMILES string of the molecule is CCOc1ccc(C2=C(Nc3cccc(OCC)c3)C(=O)N(c3ccc(F)cc3)C2=O)cc1. The number of ether oxygens (including phenoxy) is 2. The Morgan fingerprint density at radius 1 is 0.818 bits per heavy atom. The van der Waals surface area contributed by atoms with Crippen LogP contribution in [-0.4, -0.2) is 25.0 Å². The van der Waals surface area contributed by atoms with Crippen molar-refractivity contribution in [1.29, 1.82) is 0 Å². The minimum atomic E-state index is -0.530. The lowest BCUT2D eigenvalue weighted by Gasteiger charge is -2.15. The summed E-state index contributed by atoms with van der Waals surface area (Å²) in [6.07, 6.45) is 0. The molecule has 0 unspecified atom stereocenters. The molecule has 1 N–H and O–H groups in total. The number of hydrogen-bond acceptors (Lipinski definition) is 5. The smallest absolute Gasteiger partial charge is 0.282 e. The van der Waals surface area contributed by atoms with E-state index in [-0.39, 0.29) is 17.0 Å². The van der Waals surface area contributed by atoms with Crippen molar-refractivity contribution in [3.63, 3.8) is 0 Å². The van der Waals surface area contributed by atoms with E-state index in [0.29, 0.717) is 36.0 Å². The minimum absolute atomic E-state index is 0.127. The number of nitrogens with zero attached hydrogens (tertiary/aromatic N) is 1. The first-order chi connectivity index (χ1) is 16.0. The highest BCUT2D eigenvalue weighted by Gasteiger charge is 2.40. The molecule has 0 spiro atoms. The number of benzene rings is 3. The highest BCUT2D eigenvalue weighted by Crippen LogP contribution is 2.34. The fraction of sp³-hybridized carbons (Fsp3) is 0.154. The van der Waals surface area contributed by atoms with Gasteiger partial charge in [0.25, 0.3) is 11.8 Å². The lowest BCUT2D eigenvalue weighted by Crippen LogP contribution is -2.32. The van der Waals surface area contributed by atoms with Crippen molar-refractivity contribution in [3.8, 4) is 11.5 Å². The molecule has 0 fully saturated rings. The Kier molecular flexibility index (Phi) is 6.40. The van der Waals surface area contributed by atoms with Gasteiger partial charge in [0.15, 0.2) is 0 Å². The van der Waals surface area contributed by atoms with Gasteiger partial charge in [-0.3, -0.25) is 9.59 Å². The van der Waals surface area contributed by atoms with Crippen LogP contribution in [0.15, 0.2) is 78.5 Å². The van der Waals surface area contributed by atoms with E-state index in [1.165, 1.54) is 24.3 Å². The summed E-state index contributed by atoms with van der Waals surface area (Å²) in [4.78, 5) is 27.9. The van der Waals surface area contributed by atoms with Crippen LogP contribution in [0, 0.1) is 5.82 Å². The predicted octanol–water partition coefficient (Wildman–Crippen LogP) is 5.02. The number of rotatable bonds is 8. The number of anilines is 2. The Morgan fingerprint density at radius 3 is 2.15 bits per heavy atom. The Balaban J connectivity index is 1.77. The third-order valence-electron chi connectivity index (χ3n) is 5.04. The molecule has 7 heteroatoms. The highest BCUT2D eigenvalue weighted by molar-refractivity contribution is 6.46. The molecular weight excluding hydrogens is 423 g/mol. The Morgan fingerprint density at radius 2 is 1.48 bits per heavy atom. The summed E-state index contributed by atoms with van der Waals surface area (Å²) < 4.78 is 24.5. The molecule has 4 rings (SSSR count). The molecule has 1 aliphatic rings. The van der Waals surface area contributed by atoms with Gasteiger partial charge in [-0.15, -0.1) is 0 Å². The summed E-state index contributed by atoms with van der Waals surface area (Å²) in [6.45, 7) is 4.78. The van der Waals surface area contributed by atoms with E-state index >= 15 is 0 Å². The van der Waals surface area contributed by atoms with E-state index in [4.69, 9.17) is 9.47 Å². The average molecular weight is 446 g/mol. The summed E-state index contributed by atoms with van der Waals surface area (Å²) >= 11 is 0. The first kappa shape index (κ1) is 22.1. The Hall–Kier alpha value is -4.13. The van der Waals surface area contributed by atoms with Crippen LogP contribution in [0.5, 0.6) is 11.5 Å². The van der Waals surface area contributed by atoms with Crippen molar-refractivity contribution in [3.05, 3.63) is 89.9 Å². The topological polar surface area (TPSA) is 67.9 Å². The molecule has 3 aromatic carbocycles. The number of carbonyl (C=O) groups is 2. The molecule has 1 aliphatic heterocycles. The van der Waals surface area contributed by atoms with Crippen LogP contribution >= 0.6 is 0 Å². The molecule has 1 heterocycles. The van der Waals surface area contributed by atoms with Crippen LogP contribution in [0.25, 0.3) is 5.57 Å². The molecule has 0 saturated carbocycles. The summed E-state index contributed by atoms with van der Waals surface area (Å²) in [5.74, 6) is -0.189. The Bertz CT molecular complexity index is 1200. The van der Waals surface area contributed by atoms with Crippen molar-refractivity contribution >= 4 is 28.8 Å². The van der Waals surface area contributed by atoms with Gasteiger partial charge in [0.05, 0.1) is 24.5 Å². The summed E-state index contributed by atoms with van der Waals surface area (Å²) in [5, 5.41) is 3.10. The highest BCUT2D eigenvalue weighted by atomic mass is 19.1. The zero-order valence-electron chi connectivity index (χ0n) is 18.3. The van der Waals surface area contributed by atoms with Crippen LogP contribution in [0.2, 0.25) is 0 Å². The molecule has 168 valence electrons. The molecule has 0 aliphatic carbocycles. The largest absolute Gasteiger partial charge is 0.494 e. The maximum Gasteiger partial charge on any atom is 0.282 e. The van der Waals surface area contributed by atoms with Crippen LogP contribution in [0.1, 0.15) is 19.4 Å².